The zero-order valence-corrected chi connectivity index (χ0v) is 12.8. The largest absolute Gasteiger partial charge is 0.402 e. The van der Waals surface area contributed by atoms with E-state index in [-0.39, 0.29) is 17.3 Å². The number of hydrogen-bond acceptors (Lipinski definition) is 5. The normalized spacial score (nSPS) is 15.5. The van der Waals surface area contributed by atoms with Crippen LogP contribution in [0.15, 0.2) is 71.4 Å². The number of allylic oxidation sites excluding steroid dienone is 2. The predicted octanol–water partition coefficient (Wildman–Crippen LogP) is 3.63. The fourth-order valence-electron chi connectivity index (χ4n) is 2.10. The van der Waals surface area contributed by atoms with E-state index in [2.05, 4.69) is 4.99 Å². The lowest BCUT2D eigenvalue weighted by Crippen LogP contribution is -2.05. The lowest BCUT2D eigenvalue weighted by atomic mass is 10.2. The molecule has 25 heavy (non-hydrogen) atoms. The van der Waals surface area contributed by atoms with E-state index in [1.165, 1.54) is 42.5 Å². The molecule has 0 aliphatic carbocycles. The molecule has 1 aliphatic rings. The molecule has 0 atom stereocenters. The van der Waals surface area contributed by atoms with Crippen LogP contribution < -0.4 is 0 Å². The highest BCUT2D eigenvalue weighted by Gasteiger charge is 2.23. The third kappa shape index (κ3) is 3.84. The molecular formula is C18H11FN2O4. The van der Waals surface area contributed by atoms with Gasteiger partial charge in [0.25, 0.3) is 5.69 Å². The summed E-state index contributed by atoms with van der Waals surface area (Å²) in [5.74, 6) is -0.886. The van der Waals surface area contributed by atoms with Crippen molar-refractivity contribution in [1.82, 2.24) is 0 Å². The number of cyclic esters (lactones) is 1. The maximum Gasteiger partial charge on any atom is 0.363 e. The quantitative estimate of drug-likeness (QED) is 0.369. The van der Waals surface area contributed by atoms with Crippen LogP contribution in [0.1, 0.15) is 11.1 Å². The molecule has 124 valence electrons. The van der Waals surface area contributed by atoms with Crippen LogP contribution in [0.5, 0.6) is 0 Å². The molecule has 0 amide bonds. The molecule has 0 N–H and O–H groups in total. The minimum atomic E-state index is -0.604. The molecule has 0 bridgehead atoms. The SMILES string of the molecule is O=C1OC(c2ccc(F)cc2)=NC1=CC=Cc1ccc([N+](=O)[O-])cc1. The Morgan fingerprint density at radius 1 is 1.08 bits per heavy atom. The number of esters is 1. The summed E-state index contributed by atoms with van der Waals surface area (Å²) in [7, 11) is 0. The molecule has 1 heterocycles. The number of halogens is 1. The molecule has 3 rings (SSSR count). The van der Waals surface area contributed by atoms with E-state index in [1.807, 2.05) is 0 Å². The molecule has 0 spiro atoms. The Morgan fingerprint density at radius 2 is 1.76 bits per heavy atom. The maximum absolute atomic E-state index is 12.9. The third-order valence-corrected chi connectivity index (χ3v) is 3.36. The average Bonchev–Trinajstić information content (AvgIpc) is 2.97. The number of rotatable bonds is 4. The first kappa shape index (κ1) is 16.3. The first-order valence-corrected chi connectivity index (χ1v) is 7.22. The summed E-state index contributed by atoms with van der Waals surface area (Å²) in [6.07, 6.45) is 4.74. The Bertz CT molecular complexity index is 913. The van der Waals surface area contributed by atoms with Crippen molar-refractivity contribution in [2.75, 3.05) is 0 Å². The molecule has 2 aromatic carbocycles. The molecule has 2 aromatic rings. The first-order chi connectivity index (χ1) is 12.0. The molecular weight excluding hydrogens is 327 g/mol. The second-order valence-electron chi connectivity index (χ2n) is 5.07. The van der Waals surface area contributed by atoms with E-state index in [4.69, 9.17) is 4.74 Å². The molecule has 6 nitrogen and oxygen atoms in total. The molecule has 0 aromatic heterocycles. The number of carbonyl (C=O) groups is 1. The highest BCUT2D eigenvalue weighted by molar-refractivity contribution is 6.11. The Morgan fingerprint density at radius 3 is 2.40 bits per heavy atom. The number of nitro groups is 1. The fraction of sp³-hybridized carbons (Fsp3) is 0. The van der Waals surface area contributed by atoms with Crippen LogP contribution >= 0.6 is 0 Å². The highest BCUT2D eigenvalue weighted by atomic mass is 19.1. The van der Waals surface area contributed by atoms with Gasteiger partial charge in [-0.1, -0.05) is 12.2 Å². The summed E-state index contributed by atoms with van der Waals surface area (Å²) in [4.78, 5) is 26.0. The number of nitrogens with zero attached hydrogens (tertiary/aromatic N) is 2. The number of benzene rings is 2. The molecule has 0 unspecified atom stereocenters. The summed E-state index contributed by atoms with van der Waals surface area (Å²) in [5.41, 5.74) is 1.34. The number of hydrogen-bond donors (Lipinski definition) is 0. The van der Waals surface area contributed by atoms with E-state index in [0.717, 1.165) is 5.56 Å². The minimum Gasteiger partial charge on any atom is -0.402 e. The zero-order chi connectivity index (χ0) is 17.8. The number of nitro benzene ring substituents is 1. The van der Waals surface area contributed by atoms with E-state index in [0.29, 0.717) is 5.56 Å². The van der Waals surface area contributed by atoms with E-state index in [9.17, 15) is 19.3 Å². The van der Waals surface area contributed by atoms with Crippen molar-refractivity contribution in [3.8, 4) is 0 Å². The van der Waals surface area contributed by atoms with Crippen LogP contribution in [0.4, 0.5) is 10.1 Å². The number of ether oxygens (including phenoxy) is 1. The van der Waals surface area contributed by atoms with Crippen molar-refractivity contribution in [3.05, 3.63) is 93.4 Å². The van der Waals surface area contributed by atoms with Crippen LogP contribution in [0.3, 0.4) is 0 Å². The number of aliphatic imine (C=N–C) groups is 1. The molecule has 7 heteroatoms. The van der Waals surface area contributed by atoms with E-state index >= 15 is 0 Å². The van der Waals surface area contributed by atoms with Gasteiger partial charge in [0, 0.05) is 17.7 Å². The van der Waals surface area contributed by atoms with E-state index in [1.54, 1.807) is 24.3 Å². The van der Waals surface area contributed by atoms with Crippen LogP contribution in [-0.4, -0.2) is 16.8 Å². The lowest BCUT2D eigenvalue weighted by molar-refractivity contribution is -0.384. The van der Waals surface area contributed by atoms with Gasteiger partial charge < -0.3 is 4.74 Å². The van der Waals surface area contributed by atoms with Gasteiger partial charge in [-0.15, -0.1) is 0 Å². The van der Waals surface area contributed by atoms with Gasteiger partial charge in [0.15, 0.2) is 5.70 Å². The Balaban J connectivity index is 1.75. The summed E-state index contributed by atoms with van der Waals surface area (Å²) in [6, 6.07) is 11.4. The first-order valence-electron chi connectivity index (χ1n) is 7.22. The van der Waals surface area contributed by atoms with Gasteiger partial charge in [-0.05, 0) is 48.0 Å². The Hall–Kier alpha value is -3.61. The Labute approximate surface area is 141 Å². The van der Waals surface area contributed by atoms with Gasteiger partial charge in [0.1, 0.15) is 5.82 Å². The number of carbonyl (C=O) groups excluding carboxylic acids is 1. The van der Waals surface area contributed by atoms with Crippen LogP contribution in [0.25, 0.3) is 6.08 Å². The van der Waals surface area contributed by atoms with Gasteiger partial charge in [-0.2, -0.15) is 0 Å². The van der Waals surface area contributed by atoms with Crippen LogP contribution in [0, 0.1) is 15.9 Å². The van der Waals surface area contributed by atoms with Gasteiger partial charge >= 0.3 is 5.97 Å². The van der Waals surface area contributed by atoms with Crippen molar-refractivity contribution in [1.29, 1.82) is 0 Å². The number of non-ortho nitro benzene ring substituents is 1. The van der Waals surface area contributed by atoms with Gasteiger partial charge in [-0.3, -0.25) is 10.1 Å². The predicted molar refractivity (Wildman–Crippen MR) is 89.2 cm³/mol. The van der Waals surface area contributed by atoms with Gasteiger partial charge in [0.05, 0.1) is 4.92 Å². The molecule has 0 fully saturated rings. The molecule has 1 aliphatic heterocycles. The van der Waals surface area contributed by atoms with Crippen molar-refractivity contribution >= 4 is 23.6 Å². The van der Waals surface area contributed by atoms with Gasteiger partial charge in [-0.25, -0.2) is 14.2 Å². The monoisotopic (exact) mass is 338 g/mol. The van der Waals surface area contributed by atoms with Crippen molar-refractivity contribution < 1.29 is 18.8 Å². The lowest BCUT2D eigenvalue weighted by Gasteiger charge is -1.98. The average molecular weight is 338 g/mol. The topological polar surface area (TPSA) is 81.8 Å². The third-order valence-electron chi connectivity index (χ3n) is 3.36. The molecule has 0 saturated heterocycles. The molecule has 0 radical (unpaired) electrons. The fourth-order valence-corrected chi connectivity index (χ4v) is 2.10. The van der Waals surface area contributed by atoms with Crippen molar-refractivity contribution in [2.24, 2.45) is 4.99 Å². The minimum absolute atomic E-state index is 0.00316. The second kappa shape index (κ2) is 6.88. The van der Waals surface area contributed by atoms with Crippen molar-refractivity contribution in [3.63, 3.8) is 0 Å². The van der Waals surface area contributed by atoms with Gasteiger partial charge in [0.2, 0.25) is 5.90 Å². The molecule has 0 saturated carbocycles. The van der Waals surface area contributed by atoms with Crippen molar-refractivity contribution in [2.45, 2.75) is 0 Å². The summed E-state index contributed by atoms with van der Waals surface area (Å²) in [5, 5.41) is 10.6. The van der Waals surface area contributed by atoms with Crippen LogP contribution in [0.2, 0.25) is 0 Å². The smallest absolute Gasteiger partial charge is 0.363 e. The van der Waals surface area contributed by atoms with Crippen LogP contribution in [-0.2, 0) is 9.53 Å². The Kier molecular flexibility index (Phi) is 4.47. The van der Waals surface area contributed by atoms with E-state index < -0.39 is 16.7 Å². The zero-order valence-electron chi connectivity index (χ0n) is 12.8. The standard InChI is InChI=1S/C18H11FN2O4/c19-14-8-6-13(7-9-14)17-20-16(18(22)25-17)3-1-2-12-4-10-15(11-5-12)21(23)24/h1-11H. The summed E-state index contributed by atoms with van der Waals surface area (Å²) >= 11 is 0. The highest BCUT2D eigenvalue weighted by Crippen LogP contribution is 2.17. The maximum atomic E-state index is 12.9. The summed E-state index contributed by atoms with van der Waals surface area (Å²) < 4.78 is 18.0. The summed E-state index contributed by atoms with van der Waals surface area (Å²) in [6.45, 7) is 0. The second-order valence-corrected chi connectivity index (χ2v) is 5.07.